The minimum atomic E-state index is 0.720. The molecule has 1 heterocycles. The van der Waals surface area contributed by atoms with E-state index >= 15 is 0 Å². The van der Waals surface area contributed by atoms with Crippen LogP contribution in [0.1, 0.15) is 59.3 Å². The van der Waals surface area contributed by atoms with Crippen molar-refractivity contribution in [3.8, 4) is 0 Å². The van der Waals surface area contributed by atoms with Gasteiger partial charge in [0.05, 0.1) is 0 Å². The third-order valence-electron chi connectivity index (χ3n) is 5.13. The van der Waals surface area contributed by atoms with Crippen molar-refractivity contribution in [2.45, 2.75) is 71.4 Å². The molecule has 2 nitrogen and oxygen atoms in total. The molecule has 17 heavy (non-hydrogen) atoms. The zero-order valence-electron chi connectivity index (χ0n) is 12.0. The minimum absolute atomic E-state index is 0.720. The summed E-state index contributed by atoms with van der Waals surface area (Å²) < 4.78 is 0. The molecule has 2 aliphatic rings. The van der Waals surface area contributed by atoms with E-state index in [1.807, 2.05) is 0 Å². The Kier molecular flexibility index (Phi) is 4.48. The summed E-state index contributed by atoms with van der Waals surface area (Å²) in [5, 5.41) is 3.62. The second-order valence-electron chi connectivity index (χ2n) is 6.46. The first kappa shape index (κ1) is 13.4. The Bertz CT molecular complexity index is 219. The lowest BCUT2D eigenvalue weighted by Crippen LogP contribution is -2.46. The largest absolute Gasteiger partial charge is 0.314 e. The van der Waals surface area contributed by atoms with Crippen LogP contribution < -0.4 is 5.32 Å². The van der Waals surface area contributed by atoms with E-state index in [1.165, 1.54) is 51.6 Å². The van der Waals surface area contributed by atoms with Crippen LogP contribution in [0.3, 0.4) is 0 Å². The Morgan fingerprint density at radius 2 is 1.71 bits per heavy atom. The van der Waals surface area contributed by atoms with Crippen LogP contribution in [0.2, 0.25) is 0 Å². The van der Waals surface area contributed by atoms with Crippen LogP contribution in [0.25, 0.3) is 0 Å². The van der Waals surface area contributed by atoms with Crippen molar-refractivity contribution < 1.29 is 0 Å². The normalized spacial score (nSPS) is 26.8. The monoisotopic (exact) mass is 238 g/mol. The number of likely N-dealkylation sites (tertiary alicyclic amines) is 1. The van der Waals surface area contributed by atoms with Crippen LogP contribution >= 0.6 is 0 Å². The maximum absolute atomic E-state index is 3.62. The average Bonchev–Trinajstić information content (AvgIpc) is 2.33. The number of nitrogens with one attached hydrogen (secondary N) is 1. The van der Waals surface area contributed by atoms with Gasteiger partial charge in [0.15, 0.2) is 0 Å². The zero-order chi connectivity index (χ0) is 12.3. The highest BCUT2D eigenvalue weighted by atomic mass is 15.2. The summed E-state index contributed by atoms with van der Waals surface area (Å²) in [7, 11) is 0. The van der Waals surface area contributed by atoms with E-state index in [0.29, 0.717) is 0 Å². The van der Waals surface area contributed by atoms with Crippen LogP contribution in [0.4, 0.5) is 0 Å². The Hall–Kier alpha value is -0.0800. The zero-order valence-corrected chi connectivity index (χ0v) is 12.0. The fraction of sp³-hybridized carbons (Fsp3) is 1.00. The topological polar surface area (TPSA) is 15.3 Å². The second kappa shape index (κ2) is 5.71. The van der Waals surface area contributed by atoms with Gasteiger partial charge in [0.2, 0.25) is 0 Å². The van der Waals surface area contributed by atoms with Gasteiger partial charge in [-0.2, -0.15) is 0 Å². The molecule has 1 aliphatic heterocycles. The first-order valence-electron chi connectivity index (χ1n) is 7.63. The van der Waals surface area contributed by atoms with E-state index in [0.717, 1.165) is 24.0 Å². The third-order valence-corrected chi connectivity index (χ3v) is 5.13. The molecular weight excluding hydrogens is 208 g/mol. The lowest BCUT2D eigenvalue weighted by atomic mass is 9.67. The molecule has 1 N–H and O–H groups in total. The van der Waals surface area contributed by atoms with E-state index in [1.54, 1.807) is 0 Å². The van der Waals surface area contributed by atoms with Gasteiger partial charge in [-0.3, -0.25) is 0 Å². The molecule has 0 atom stereocenters. The van der Waals surface area contributed by atoms with Gasteiger partial charge in [0.1, 0.15) is 0 Å². The fourth-order valence-electron chi connectivity index (χ4n) is 3.74. The molecular formula is C15H30N2. The van der Waals surface area contributed by atoms with E-state index in [-0.39, 0.29) is 0 Å². The molecule has 2 rings (SSSR count). The minimum Gasteiger partial charge on any atom is -0.314 e. The van der Waals surface area contributed by atoms with Gasteiger partial charge in [-0.05, 0) is 77.4 Å². The van der Waals surface area contributed by atoms with Gasteiger partial charge in [-0.1, -0.05) is 6.92 Å². The molecule has 0 aromatic rings. The lowest BCUT2D eigenvalue weighted by molar-refractivity contribution is 0.0454. The van der Waals surface area contributed by atoms with Crippen molar-refractivity contribution in [1.29, 1.82) is 0 Å². The van der Waals surface area contributed by atoms with E-state index in [9.17, 15) is 0 Å². The molecule has 0 bridgehead atoms. The van der Waals surface area contributed by atoms with Crippen LogP contribution in [0.15, 0.2) is 0 Å². The predicted octanol–water partition coefficient (Wildman–Crippen LogP) is 3.03. The molecule has 0 aromatic heterocycles. The van der Waals surface area contributed by atoms with Crippen LogP contribution in [0, 0.1) is 5.41 Å². The summed E-state index contributed by atoms with van der Waals surface area (Å²) in [6, 6.07) is 1.55. The number of hydrogen-bond donors (Lipinski definition) is 1. The molecule has 1 spiro atoms. The van der Waals surface area contributed by atoms with E-state index < -0.39 is 0 Å². The Morgan fingerprint density at radius 1 is 1.12 bits per heavy atom. The summed E-state index contributed by atoms with van der Waals surface area (Å²) in [5.41, 5.74) is 0.720. The standard InChI is InChI=1S/C15H30N2/c1-4-16-14-5-7-15(8-6-14)9-11-17(12-10-15)13(2)3/h13-14,16H,4-12H2,1-3H3. The Balaban J connectivity index is 1.80. The summed E-state index contributed by atoms with van der Waals surface area (Å²) in [6.45, 7) is 10.7. The molecule has 2 heteroatoms. The summed E-state index contributed by atoms with van der Waals surface area (Å²) in [4.78, 5) is 2.65. The molecule has 100 valence electrons. The van der Waals surface area contributed by atoms with Gasteiger partial charge in [-0.15, -0.1) is 0 Å². The van der Waals surface area contributed by atoms with Gasteiger partial charge >= 0.3 is 0 Å². The molecule has 0 amide bonds. The molecule has 0 unspecified atom stereocenters. The van der Waals surface area contributed by atoms with Crippen molar-refractivity contribution in [2.24, 2.45) is 5.41 Å². The van der Waals surface area contributed by atoms with Crippen molar-refractivity contribution >= 4 is 0 Å². The van der Waals surface area contributed by atoms with E-state index in [4.69, 9.17) is 0 Å². The lowest BCUT2D eigenvalue weighted by Gasteiger charge is -2.47. The second-order valence-corrected chi connectivity index (χ2v) is 6.46. The first-order valence-corrected chi connectivity index (χ1v) is 7.63. The maximum Gasteiger partial charge on any atom is 0.00673 e. The third kappa shape index (κ3) is 3.23. The molecule has 1 aliphatic carbocycles. The molecule has 1 saturated heterocycles. The quantitative estimate of drug-likeness (QED) is 0.813. The Labute approximate surface area is 107 Å². The van der Waals surface area contributed by atoms with Crippen LogP contribution in [-0.4, -0.2) is 36.6 Å². The number of hydrogen-bond acceptors (Lipinski definition) is 2. The van der Waals surface area contributed by atoms with Gasteiger partial charge in [0.25, 0.3) is 0 Å². The predicted molar refractivity (Wildman–Crippen MR) is 74.3 cm³/mol. The van der Waals surface area contributed by atoms with Crippen molar-refractivity contribution in [3.05, 3.63) is 0 Å². The fourth-order valence-corrected chi connectivity index (χ4v) is 3.74. The highest BCUT2D eigenvalue weighted by Gasteiger charge is 2.38. The average molecular weight is 238 g/mol. The highest BCUT2D eigenvalue weighted by Crippen LogP contribution is 2.44. The van der Waals surface area contributed by atoms with Gasteiger partial charge in [0, 0.05) is 12.1 Å². The van der Waals surface area contributed by atoms with Crippen LogP contribution in [0.5, 0.6) is 0 Å². The number of piperidine rings is 1. The first-order chi connectivity index (χ1) is 8.15. The van der Waals surface area contributed by atoms with Gasteiger partial charge < -0.3 is 10.2 Å². The summed E-state index contributed by atoms with van der Waals surface area (Å²) in [5.74, 6) is 0. The summed E-state index contributed by atoms with van der Waals surface area (Å²) >= 11 is 0. The van der Waals surface area contributed by atoms with Crippen molar-refractivity contribution in [1.82, 2.24) is 10.2 Å². The van der Waals surface area contributed by atoms with Crippen LogP contribution in [-0.2, 0) is 0 Å². The highest BCUT2D eigenvalue weighted by molar-refractivity contribution is 4.92. The number of nitrogens with zero attached hydrogens (tertiary/aromatic N) is 1. The van der Waals surface area contributed by atoms with Crippen molar-refractivity contribution in [2.75, 3.05) is 19.6 Å². The molecule has 1 saturated carbocycles. The van der Waals surface area contributed by atoms with Gasteiger partial charge in [-0.25, -0.2) is 0 Å². The Morgan fingerprint density at radius 3 is 2.18 bits per heavy atom. The molecule has 0 radical (unpaired) electrons. The number of rotatable bonds is 3. The van der Waals surface area contributed by atoms with Crippen molar-refractivity contribution in [3.63, 3.8) is 0 Å². The molecule has 2 fully saturated rings. The maximum atomic E-state index is 3.62. The molecule has 0 aromatic carbocycles. The smallest absolute Gasteiger partial charge is 0.00673 e. The summed E-state index contributed by atoms with van der Waals surface area (Å²) in [6.07, 6.45) is 8.66. The SMILES string of the molecule is CCNC1CCC2(CC1)CCN(C(C)C)CC2. The van der Waals surface area contributed by atoms with E-state index in [2.05, 4.69) is 31.0 Å².